The number of rotatable bonds is 5. The molecule has 0 saturated heterocycles. The smallest absolute Gasteiger partial charge is 0.414 e. The molecule has 3 aromatic heterocycles. The molecule has 3 aromatic rings. The first-order chi connectivity index (χ1) is 12.6. The summed E-state index contributed by atoms with van der Waals surface area (Å²) in [7, 11) is 0. The first kappa shape index (κ1) is 16.6. The number of pyridine rings is 1. The van der Waals surface area contributed by atoms with Crippen LogP contribution in [0.2, 0.25) is 0 Å². The first-order valence-electron chi connectivity index (χ1n) is 7.75. The Hall–Kier alpha value is -2.85. The van der Waals surface area contributed by atoms with Crippen LogP contribution in [0.3, 0.4) is 0 Å². The van der Waals surface area contributed by atoms with Crippen LogP contribution in [0.1, 0.15) is 4.88 Å². The minimum atomic E-state index is -0.554. The average molecular weight is 376 g/mol. The van der Waals surface area contributed by atoms with Crippen LogP contribution in [-0.2, 0) is 17.9 Å². The van der Waals surface area contributed by atoms with E-state index < -0.39 is 10.9 Å². The van der Waals surface area contributed by atoms with Crippen molar-refractivity contribution in [1.29, 1.82) is 0 Å². The molecule has 0 spiro atoms. The van der Waals surface area contributed by atoms with Gasteiger partial charge in [-0.2, -0.15) is 4.39 Å². The van der Waals surface area contributed by atoms with E-state index in [1.54, 1.807) is 10.6 Å². The second-order valence-corrected chi connectivity index (χ2v) is 6.84. The topological polar surface area (TPSA) is 92.3 Å². The molecule has 1 aliphatic rings. The van der Waals surface area contributed by atoms with Crippen molar-refractivity contribution < 1.29 is 18.8 Å². The highest BCUT2D eigenvalue weighted by Crippen LogP contribution is 2.29. The number of nitrogens with zero attached hydrogens (tertiary/aromatic N) is 4. The lowest BCUT2D eigenvalue weighted by molar-refractivity contribution is -0.389. The maximum atomic E-state index is 12.9. The van der Waals surface area contributed by atoms with Crippen LogP contribution >= 0.6 is 11.3 Å². The highest BCUT2D eigenvalue weighted by molar-refractivity contribution is 7.15. The molecule has 1 atom stereocenters. The summed E-state index contributed by atoms with van der Waals surface area (Å²) >= 11 is 1.54. The molecular formula is C16H13FN4O4S. The molecule has 8 nitrogen and oxygen atoms in total. The minimum Gasteiger partial charge on any atom is -0.443 e. The molecule has 0 aliphatic carbocycles. The lowest BCUT2D eigenvalue weighted by Gasteiger charge is -2.22. The number of fused-ring (bicyclic) bond motifs is 1. The van der Waals surface area contributed by atoms with Crippen molar-refractivity contribution in [2.45, 2.75) is 19.3 Å². The van der Waals surface area contributed by atoms with Crippen molar-refractivity contribution in [3.05, 3.63) is 57.6 Å². The lowest BCUT2D eigenvalue weighted by atomic mass is 10.2. The summed E-state index contributed by atoms with van der Waals surface area (Å²) in [6.45, 7) is 1.12. The number of aromatic nitrogens is 3. The van der Waals surface area contributed by atoms with Crippen molar-refractivity contribution in [1.82, 2.24) is 14.5 Å². The number of hydrogen-bond donors (Lipinski definition) is 0. The van der Waals surface area contributed by atoms with Crippen LogP contribution in [0.4, 0.5) is 10.2 Å². The number of thiophene rings is 1. The summed E-state index contributed by atoms with van der Waals surface area (Å²) < 4.78 is 25.8. The van der Waals surface area contributed by atoms with E-state index >= 15 is 0 Å². The second-order valence-electron chi connectivity index (χ2n) is 5.67. The third kappa shape index (κ3) is 3.41. The fraction of sp³-hybridized carbons (Fsp3) is 0.250. The Morgan fingerprint density at radius 3 is 3.08 bits per heavy atom. The minimum absolute atomic E-state index is 0.227. The van der Waals surface area contributed by atoms with Crippen LogP contribution in [0.25, 0.3) is 10.4 Å². The van der Waals surface area contributed by atoms with Crippen LogP contribution in [0.15, 0.2) is 36.7 Å². The second kappa shape index (κ2) is 6.81. The summed E-state index contributed by atoms with van der Waals surface area (Å²) in [6, 6.07) is 7.13. The fourth-order valence-electron chi connectivity index (χ4n) is 2.59. The summed E-state index contributed by atoms with van der Waals surface area (Å²) in [5, 5.41) is 10.8. The van der Waals surface area contributed by atoms with Crippen LogP contribution in [-0.4, -0.2) is 32.2 Å². The van der Waals surface area contributed by atoms with E-state index in [1.165, 1.54) is 29.8 Å². The number of imidazole rings is 1. The van der Waals surface area contributed by atoms with Gasteiger partial charge in [-0.1, -0.05) is 0 Å². The molecule has 0 bridgehead atoms. The Labute approximate surface area is 151 Å². The van der Waals surface area contributed by atoms with Gasteiger partial charge in [0.05, 0.1) is 13.2 Å². The van der Waals surface area contributed by atoms with Crippen LogP contribution in [0, 0.1) is 16.1 Å². The van der Waals surface area contributed by atoms with Crippen molar-refractivity contribution in [2.24, 2.45) is 0 Å². The van der Waals surface area contributed by atoms with Crippen LogP contribution in [0.5, 0.6) is 6.01 Å². The molecular weight excluding hydrogens is 363 g/mol. The van der Waals surface area contributed by atoms with Gasteiger partial charge in [0, 0.05) is 26.5 Å². The van der Waals surface area contributed by atoms with Gasteiger partial charge in [-0.05, 0) is 29.2 Å². The maximum Gasteiger partial charge on any atom is 0.414 e. The van der Waals surface area contributed by atoms with E-state index in [9.17, 15) is 14.5 Å². The number of halogens is 1. The van der Waals surface area contributed by atoms with E-state index in [2.05, 4.69) is 9.97 Å². The molecule has 0 unspecified atom stereocenters. The van der Waals surface area contributed by atoms with E-state index in [1.807, 2.05) is 12.1 Å². The zero-order valence-corrected chi connectivity index (χ0v) is 14.2. The van der Waals surface area contributed by atoms with Gasteiger partial charge < -0.3 is 19.6 Å². The van der Waals surface area contributed by atoms with Gasteiger partial charge in [0.15, 0.2) is 0 Å². The molecule has 0 N–H and O–H groups in total. The Kier molecular flexibility index (Phi) is 4.35. The van der Waals surface area contributed by atoms with Gasteiger partial charge in [-0.15, -0.1) is 11.3 Å². The normalized spacial score (nSPS) is 16.1. The van der Waals surface area contributed by atoms with E-state index in [-0.39, 0.29) is 24.5 Å². The number of ether oxygens (including phenoxy) is 2. The fourth-order valence-corrected chi connectivity index (χ4v) is 3.51. The zero-order valence-electron chi connectivity index (χ0n) is 13.4. The number of nitro groups is 1. The Morgan fingerprint density at radius 1 is 1.42 bits per heavy atom. The Bertz CT molecular complexity index is 940. The van der Waals surface area contributed by atoms with Gasteiger partial charge >= 0.3 is 11.8 Å². The molecule has 134 valence electrons. The lowest BCUT2D eigenvalue weighted by Crippen LogP contribution is -2.32. The van der Waals surface area contributed by atoms with E-state index in [4.69, 9.17) is 9.47 Å². The quantitative estimate of drug-likeness (QED) is 0.386. The van der Waals surface area contributed by atoms with Crippen molar-refractivity contribution in [3.63, 3.8) is 0 Å². The molecule has 26 heavy (non-hydrogen) atoms. The standard InChI is InChI=1S/C16H13FN4O4S/c17-14-4-1-10(5-18-14)13-3-2-12(26-13)9-24-11-6-20-7-15(21(22)23)19-16(20)25-8-11/h1-5,7,11H,6,8-9H2/t11-/m0/s1. The highest BCUT2D eigenvalue weighted by Gasteiger charge is 2.28. The van der Waals surface area contributed by atoms with Crippen molar-refractivity contribution in [3.8, 4) is 16.5 Å². The van der Waals surface area contributed by atoms with Gasteiger partial charge in [0.2, 0.25) is 5.95 Å². The number of hydrogen-bond acceptors (Lipinski definition) is 7. The molecule has 0 radical (unpaired) electrons. The largest absolute Gasteiger partial charge is 0.443 e. The van der Waals surface area contributed by atoms with Gasteiger partial charge in [-0.3, -0.25) is 4.57 Å². The molecule has 4 heterocycles. The summed E-state index contributed by atoms with van der Waals surface area (Å²) in [4.78, 5) is 19.7. The molecule has 0 fully saturated rings. The SMILES string of the molecule is O=[N+]([O-])c1cn2c(n1)OC[C@@H](OCc1ccc(-c3ccc(F)nc3)s1)C2. The molecule has 0 amide bonds. The summed E-state index contributed by atoms with van der Waals surface area (Å²) in [5.41, 5.74) is 0.846. The average Bonchev–Trinajstić information content (AvgIpc) is 3.27. The molecule has 4 rings (SSSR count). The first-order valence-corrected chi connectivity index (χ1v) is 8.57. The Morgan fingerprint density at radius 2 is 2.31 bits per heavy atom. The molecule has 10 heteroatoms. The third-order valence-corrected chi connectivity index (χ3v) is 4.96. The monoisotopic (exact) mass is 376 g/mol. The van der Waals surface area contributed by atoms with E-state index in [0.29, 0.717) is 13.2 Å². The Balaban J connectivity index is 1.37. The van der Waals surface area contributed by atoms with Crippen LogP contribution < -0.4 is 4.74 Å². The van der Waals surface area contributed by atoms with E-state index in [0.717, 1.165) is 15.3 Å². The van der Waals surface area contributed by atoms with Crippen molar-refractivity contribution >= 4 is 17.2 Å². The summed E-state index contributed by atoms with van der Waals surface area (Å²) in [5.74, 6) is -0.748. The predicted octanol–water partition coefficient (Wildman–Crippen LogP) is 3.03. The van der Waals surface area contributed by atoms with Gasteiger partial charge in [0.25, 0.3) is 0 Å². The molecule has 0 aromatic carbocycles. The van der Waals surface area contributed by atoms with Gasteiger partial charge in [-0.25, -0.2) is 4.98 Å². The van der Waals surface area contributed by atoms with Crippen molar-refractivity contribution in [2.75, 3.05) is 6.61 Å². The predicted molar refractivity (Wildman–Crippen MR) is 90.5 cm³/mol. The molecule has 0 saturated carbocycles. The molecule has 1 aliphatic heterocycles. The summed E-state index contributed by atoms with van der Waals surface area (Å²) in [6.07, 6.45) is 2.61. The highest BCUT2D eigenvalue weighted by atomic mass is 32.1. The van der Waals surface area contributed by atoms with Gasteiger partial charge in [0.1, 0.15) is 18.9 Å². The maximum absolute atomic E-state index is 12.9. The zero-order chi connectivity index (χ0) is 18.1. The third-order valence-electron chi connectivity index (χ3n) is 3.85.